The number of nitrogens with one attached hydrogen (secondary N) is 1. The smallest absolute Gasteiger partial charge is 0.0334 e. The highest BCUT2D eigenvalue weighted by Crippen LogP contribution is 2.51. The van der Waals surface area contributed by atoms with Gasteiger partial charge in [-0.1, -0.05) is 41.4 Å². The van der Waals surface area contributed by atoms with Crippen LogP contribution in [-0.4, -0.2) is 6.54 Å². The van der Waals surface area contributed by atoms with E-state index in [0.717, 1.165) is 24.3 Å². The highest BCUT2D eigenvalue weighted by atomic mass is 79.9. The van der Waals surface area contributed by atoms with Crippen LogP contribution in [0.1, 0.15) is 56.2 Å². The summed E-state index contributed by atoms with van der Waals surface area (Å²) < 4.78 is 1.27. The molecule has 1 N–H and O–H groups in total. The summed E-state index contributed by atoms with van der Waals surface area (Å²) in [4.78, 5) is 0. The van der Waals surface area contributed by atoms with Gasteiger partial charge in [0, 0.05) is 10.5 Å². The van der Waals surface area contributed by atoms with Crippen LogP contribution in [0.2, 0.25) is 0 Å². The minimum atomic E-state index is 0.513. The number of fused-ring (bicyclic) bond motifs is 2. The SMILES string of the molecule is CCNC(CC1CC2CCC1C2)c1ccc(C)cc1Br. The zero-order valence-electron chi connectivity index (χ0n) is 12.7. The summed E-state index contributed by atoms with van der Waals surface area (Å²) >= 11 is 3.77. The van der Waals surface area contributed by atoms with Gasteiger partial charge in [-0.15, -0.1) is 0 Å². The Labute approximate surface area is 131 Å². The van der Waals surface area contributed by atoms with Crippen LogP contribution in [0, 0.1) is 24.7 Å². The van der Waals surface area contributed by atoms with E-state index >= 15 is 0 Å². The molecule has 4 unspecified atom stereocenters. The first kappa shape index (κ1) is 14.6. The molecule has 110 valence electrons. The van der Waals surface area contributed by atoms with Crippen molar-refractivity contribution in [1.82, 2.24) is 5.32 Å². The molecule has 0 saturated heterocycles. The normalized spacial score (nSPS) is 29.9. The van der Waals surface area contributed by atoms with Gasteiger partial charge < -0.3 is 5.32 Å². The number of hydrogen-bond donors (Lipinski definition) is 1. The number of halogens is 1. The number of hydrogen-bond acceptors (Lipinski definition) is 1. The van der Waals surface area contributed by atoms with Gasteiger partial charge in [-0.3, -0.25) is 0 Å². The second kappa shape index (κ2) is 6.19. The molecule has 0 spiro atoms. The molecule has 2 aliphatic carbocycles. The maximum Gasteiger partial charge on any atom is 0.0334 e. The zero-order chi connectivity index (χ0) is 14.1. The standard InChI is InChI=1S/C18H26BrN/c1-3-20-18(16-7-4-12(2)8-17(16)19)11-15-10-13-5-6-14(15)9-13/h4,7-8,13-15,18,20H,3,5-6,9-11H2,1-2H3. The minimum Gasteiger partial charge on any atom is -0.310 e. The molecular formula is C18H26BrN. The Hall–Kier alpha value is -0.340. The van der Waals surface area contributed by atoms with Crippen LogP contribution in [0.5, 0.6) is 0 Å². The van der Waals surface area contributed by atoms with Crippen molar-refractivity contribution < 1.29 is 0 Å². The first-order valence-electron chi connectivity index (χ1n) is 8.16. The van der Waals surface area contributed by atoms with Gasteiger partial charge in [0.25, 0.3) is 0 Å². The van der Waals surface area contributed by atoms with Crippen LogP contribution in [0.4, 0.5) is 0 Å². The van der Waals surface area contributed by atoms with Gasteiger partial charge in [-0.25, -0.2) is 0 Å². The third-order valence-corrected chi connectivity index (χ3v) is 6.09. The van der Waals surface area contributed by atoms with Crippen molar-refractivity contribution >= 4 is 15.9 Å². The lowest BCUT2D eigenvalue weighted by molar-refractivity contribution is 0.280. The van der Waals surface area contributed by atoms with Crippen LogP contribution in [0.3, 0.4) is 0 Å². The van der Waals surface area contributed by atoms with Crippen LogP contribution in [0.15, 0.2) is 22.7 Å². The molecule has 2 saturated carbocycles. The van der Waals surface area contributed by atoms with Crippen molar-refractivity contribution in [3.8, 4) is 0 Å². The van der Waals surface area contributed by atoms with E-state index in [1.165, 1.54) is 47.7 Å². The molecule has 0 aliphatic heterocycles. The third kappa shape index (κ3) is 2.96. The van der Waals surface area contributed by atoms with Crippen LogP contribution in [0.25, 0.3) is 0 Å². The summed E-state index contributed by atoms with van der Waals surface area (Å²) in [6, 6.07) is 7.31. The fourth-order valence-corrected chi connectivity index (χ4v) is 5.22. The summed E-state index contributed by atoms with van der Waals surface area (Å²) in [5.41, 5.74) is 2.77. The van der Waals surface area contributed by atoms with Crippen molar-refractivity contribution in [3.63, 3.8) is 0 Å². The minimum absolute atomic E-state index is 0.513. The molecule has 1 aromatic carbocycles. The molecule has 0 aromatic heterocycles. The molecule has 2 aliphatic rings. The van der Waals surface area contributed by atoms with Crippen LogP contribution >= 0.6 is 15.9 Å². The van der Waals surface area contributed by atoms with Crippen molar-refractivity contribution in [1.29, 1.82) is 0 Å². The predicted octanol–water partition coefficient (Wildman–Crippen LogP) is 5.23. The molecule has 0 heterocycles. The molecular weight excluding hydrogens is 310 g/mol. The van der Waals surface area contributed by atoms with Gasteiger partial charge in [0.15, 0.2) is 0 Å². The maximum atomic E-state index is 3.77. The average molecular weight is 336 g/mol. The second-order valence-corrected chi connectivity index (χ2v) is 7.66. The molecule has 0 radical (unpaired) electrons. The first-order valence-corrected chi connectivity index (χ1v) is 8.96. The highest BCUT2D eigenvalue weighted by Gasteiger charge is 2.40. The zero-order valence-corrected chi connectivity index (χ0v) is 14.2. The lowest BCUT2D eigenvalue weighted by Crippen LogP contribution is -2.25. The van der Waals surface area contributed by atoms with E-state index in [1.807, 2.05) is 0 Å². The summed E-state index contributed by atoms with van der Waals surface area (Å²) in [5.74, 6) is 3.02. The highest BCUT2D eigenvalue weighted by molar-refractivity contribution is 9.10. The molecule has 2 bridgehead atoms. The van der Waals surface area contributed by atoms with E-state index in [4.69, 9.17) is 0 Å². The summed E-state index contributed by atoms with van der Waals surface area (Å²) in [5, 5.41) is 3.72. The lowest BCUT2D eigenvalue weighted by atomic mass is 9.82. The largest absolute Gasteiger partial charge is 0.310 e. The molecule has 0 amide bonds. The first-order chi connectivity index (χ1) is 9.67. The predicted molar refractivity (Wildman–Crippen MR) is 88.9 cm³/mol. The second-order valence-electron chi connectivity index (χ2n) is 6.81. The van der Waals surface area contributed by atoms with E-state index in [-0.39, 0.29) is 0 Å². The molecule has 1 aromatic rings. The summed E-state index contributed by atoms with van der Waals surface area (Å²) in [6.45, 7) is 5.43. The number of aryl methyl sites for hydroxylation is 1. The fraction of sp³-hybridized carbons (Fsp3) is 0.667. The molecule has 1 nitrogen and oxygen atoms in total. The maximum absolute atomic E-state index is 3.77. The molecule has 4 atom stereocenters. The van der Waals surface area contributed by atoms with Gasteiger partial charge in [-0.2, -0.15) is 0 Å². The van der Waals surface area contributed by atoms with Crippen LogP contribution < -0.4 is 5.32 Å². The molecule has 3 rings (SSSR count). The average Bonchev–Trinajstić information content (AvgIpc) is 3.00. The van der Waals surface area contributed by atoms with Gasteiger partial charge in [0.1, 0.15) is 0 Å². The van der Waals surface area contributed by atoms with Gasteiger partial charge >= 0.3 is 0 Å². The van der Waals surface area contributed by atoms with E-state index in [2.05, 4.69) is 53.3 Å². The Balaban J connectivity index is 1.75. The van der Waals surface area contributed by atoms with E-state index < -0.39 is 0 Å². The van der Waals surface area contributed by atoms with Crippen molar-refractivity contribution in [3.05, 3.63) is 33.8 Å². The van der Waals surface area contributed by atoms with Gasteiger partial charge in [-0.05, 0) is 74.1 Å². The van der Waals surface area contributed by atoms with Crippen molar-refractivity contribution in [2.24, 2.45) is 17.8 Å². The molecule has 2 heteroatoms. The number of benzene rings is 1. The quantitative estimate of drug-likeness (QED) is 0.776. The van der Waals surface area contributed by atoms with Gasteiger partial charge in [0.05, 0.1) is 0 Å². The summed E-state index contributed by atoms with van der Waals surface area (Å²) in [7, 11) is 0. The Kier molecular flexibility index (Phi) is 4.52. The Morgan fingerprint density at radius 2 is 2.15 bits per heavy atom. The Bertz CT molecular complexity index is 470. The van der Waals surface area contributed by atoms with Crippen molar-refractivity contribution in [2.75, 3.05) is 6.54 Å². The van der Waals surface area contributed by atoms with E-state index in [9.17, 15) is 0 Å². The fourth-order valence-electron chi connectivity index (χ4n) is 4.45. The van der Waals surface area contributed by atoms with Crippen molar-refractivity contribution in [2.45, 2.75) is 52.0 Å². The summed E-state index contributed by atoms with van der Waals surface area (Å²) in [6.07, 6.45) is 7.30. The van der Waals surface area contributed by atoms with Gasteiger partial charge in [0.2, 0.25) is 0 Å². The molecule has 2 fully saturated rings. The topological polar surface area (TPSA) is 12.0 Å². The van der Waals surface area contributed by atoms with Crippen LogP contribution in [-0.2, 0) is 0 Å². The Morgan fingerprint density at radius 3 is 2.75 bits per heavy atom. The van der Waals surface area contributed by atoms with E-state index in [1.54, 1.807) is 0 Å². The van der Waals surface area contributed by atoms with E-state index in [0.29, 0.717) is 6.04 Å². The lowest BCUT2D eigenvalue weighted by Gasteiger charge is -2.28. The third-order valence-electron chi connectivity index (χ3n) is 5.40. The molecule has 20 heavy (non-hydrogen) atoms. The number of rotatable bonds is 5. The Morgan fingerprint density at radius 1 is 1.30 bits per heavy atom. The monoisotopic (exact) mass is 335 g/mol.